The molecule has 17 heavy (non-hydrogen) atoms. The average molecular weight is 295 g/mol. The number of likely N-dealkylation sites (tertiary alicyclic amines) is 1. The van der Waals surface area contributed by atoms with Crippen LogP contribution in [0.25, 0.3) is 5.65 Å². The Morgan fingerprint density at radius 1 is 1.53 bits per heavy atom. The largest absolute Gasteiger partial charge is 0.306 e. The second-order valence-corrected chi connectivity index (χ2v) is 5.71. The average Bonchev–Trinajstić information content (AvgIpc) is 2.84. The van der Waals surface area contributed by atoms with Crippen LogP contribution in [0.4, 0.5) is 0 Å². The fraction of sp³-hybridized carbons (Fsp3) is 0.500. The van der Waals surface area contributed by atoms with E-state index in [2.05, 4.69) is 38.0 Å². The molecule has 1 saturated heterocycles. The van der Waals surface area contributed by atoms with Crippen molar-refractivity contribution >= 4 is 21.6 Å². The molecular formula is C12H15BrN4. The van der Waals surface area contributed by atoms with E-state index in [9.17, 15) is 0 Å². The lowest BCUT2D eigenvalue weighted by Crippen LogP contribution is -2.15. The van der Waals surface area contributed by atoms with Gasteiger partial charge in [-0.05, 0) is 38.1 Å². The molecular weight excluding hydrogens is 280 g/mol. The molecule has 90 valence electrons. The van der Waals surface area contributed by atoms with E-state index < -0.39 is 0 Å². The molecule has 3 heterocycles. The first-order chi connectivity index (χ1) is 8.20. The molecule has 1 fully saturated rings. The molecule has 0 saturated carbocycles. The highest BCUT2D eigenvalue weighted by Crippen LogP contribution is 2.19. The molecule has 3 rings (SSSR count). The number of pyridine rings is 1. The smallest absolute Gasteiger partial charge is 0.156 e. The number of aromatic nitrogens is 3. The molecule has 0 aromatic carbocycles. The lowest BCUT2D eigenvalue weighted by atomic mass is 10.1. The Bertz CT molecular complexity index is 536. The lowest BCUT2D eigenvalue weighted by Gasteiger charge is -2.07. The topological polar surface area (TPSA) is 33.4 Å². The lowest BCUT2D eigenvalue weighted by molar-refractivity contribution is 0.392. The van der Waals surface area contributed by atoms with E-state index in [0.717, 1.165) is 22.4 Å². The Morgan fingerprint density at radius 2 is 2.41 bits per heavy atom. The maximum Gasteiger partial charge on any atom is 0.156 e. The van der Waals surface area contributed by atoms with Crippen molar-refractivity contribution in [1.29, 1.82) is 0 Å². The van der Waals surface area contributed by atoms with Crippen LogP contribution in [0.1, 0.15) is 12.2 Å². The third-order valence-electron chi connectivity index (χ3n) is 3.30. The molecule has 1 unspecified atom stereocenters. The van der Waals surface area contributed by atoms with Gasteiger partial charge in [0.2, 0.25) is 0 Å². The predicted octanol–water partition coefficient (Wildman–Crippen LogP) is 1.99. The number of hydrogen-bond donors (Lipinski definition) is 0. The van der Waals surface area contributed by atoms with Crippen LogP contribution in [-0.2, 0) is 6.42 Å². The molecule has 2 aromatic rings. The highest BCUT2D eigenvalue weighted by molar-refractivity contribution is 9.10. The van der Waals surface area contributed by atoms with Crippen molar-refractivity contribution in [3.05, 3.63) is 28.6 Å². The van der Waals surface area contributed by atoms with Gasteiger partial charge in [0.15, 0.2) is 11.5 Å². The van der Waals surface area contributed by atoms with Gasteiger partial charge in [-0.15, -0.1) is 0 Å². The molecule has 4 nitrogen and oxygen atoms in total. The van der Waals surface area contributed by atoms with Gasteiger partial charge in [0, 0.05) is 23.6 Å². The molecule has 0 spiro atoms. The highest BCUT2D eigenvalue weighted by atomic mass is 79.9. The summed E-state index contributed by atoms with van der Waals surface area (Å²) in [5.74, 6) is 1.67. The van der Waals surface area contributed by atoms with Gasteiger partial charge in [-0.2, -0.15) is 5.10 Å². The first-order valence-corrected chi connectivity index (χ1v) is 6.69. The minimum absolute atomic E-state index is 0.709. The first-order valence-electron chi connectivity index (χ1n) is 5.90. The molecule has 2 aromatic heterocycles. The van der Waals surface area contributed by atoms with Crippen molar-refractivity contribution in [3.63, 3.8) is 0 Å². The fourth-order valence-electron chi connectivity index (χ4n) is 2.44. The number of fused-ring (bicyclic) bond motifs is 1. The molecule has 0 radical (unpaired) electrons. The summed E-state index contributed by atoms with van der Waals surface area (Å²) in [7, 11) is 2.17. The Balaban J connectivity index is 1.81. The Morgan fingerprint density at radius 3 is 3.18 bits per heavy atom. The maximum absolute atomic E-state index is 4.57. The van der Waals surface area contributed by atoms with Crippen molar-refractivity contribution in [3.8, 4) is 0 Å². The molecule has 0 aliphatic carbocycles. The number of hydrogen-bond acceptors (Lipinski definition) is 3. The van der Waals surface area contributed by atoms with Crippen LogP contribution in [-0.4, -0.2) is 39.6 Å². The van der Waals surface area contributed by atoms with Gasteiger partial charge in [0.25, 0.3) is 0 Å². The maximum atomic E-state index is 4.57. The molecule has 1 atom stereocenters. The number of halogens is 1. The van der Waals surface area contributed by atoms with Gasteiger partial charge >= 0.3 is 0 Å². The van der Waals surface area contributed by atoms with Crippen LogP contribution in [0, 0.1) is 5.92 Å². The first kappa shape index (κ1) is 11.2. The molecule has 5 heteroatoms. The highest BCUT2D eigenvalue weighted by Gasteiger charge is 2.21. The van der Waals surface area contributed by atoms with E-state index >= 15 is 0 Å². The van der Waals surface area contributed by atoms with E-state index in [4.69, 9.17) is 0 Å². The zero-order valence-corrected chi connectivity index (χ0v) is 11.4. The minimum Gasteiger partial charge on any atom is -0.306 e. The van der Waals surface area contributed by atoms with Crippen molar-refractivity contribution in [2.45, 2.75) is 12.8 Å². The van der Waals surface area contributed by atoms with E-state index in [1.54, 1.807) is 0 Å². The van der Waals surface area contributed by atoms with Crippen LogP contribution < -0.4 is 0 Å². The zero-order valence-electron chi connectivity index (χ0n) is 9.80. The predicted molar refractivity (Wildman–Crippen MR) is 70.0 cm³/mol. The summed E-state index contributed by atoms with van der Waals surface area (Å²) in [6.07, 6.45) is 4.19. The molecule has 1 aliphatic heterocycles. The van der Waals surface area contributed by atoms with E-state index in [0.29, 0.717) is 5.92 Å². The quantitative estimate of drug-likeness (QED) is 0.849. The fourth-order valence-corrected chi connectivity index (χ4v) is 2.76. The van der Waals surface area contributed by atoms with Crippen molar-refractivity contribution in [2.75, 3.05) is 20.1 Å². The van der Waals surface area contributed by atoms with Crippen molar-refractivity contribution in [1.82, 2.24) is 19.5 Å². The molecule has 0 N–H and O–H groups in total. The van der Waals surface area contributed by atoms with E-state index in [1.807, 2.05) is 22.8 Å². The Labute approximate surface area is 109 Å². The molecule has 1 aliphatic rings. The van der Waals surface area contributed by atoms with Crippen LogP contribution >= 0.6 is 15.9 Å². The van der Waals surface area contributed by atoms with Crippen LogP contribution in [0.5, 0.6) is 0 Å². The van der Waals surface area contributed by atoms with Gasteiger partial charge in [0.1, 0.15) is 0 Å². The summed E-state index contributed by atoms with van der Waals surface area (Å²) in [6.45, 7) is 2.36. The van der Waals surface area contributed by atoms with Crippen LogP contribution in [0.2, 0.25) is 0 Å². The number of nitrogens with zero attached hydrogens (tertiary/aromatic N) is 4. The summed E-state index contributed by atoms with van der Waals surface area (Å²) in [4.78, 5) is 6.94. The second kappa shape index (κ2) is 4.38. The molecule has 0 bridgehead atoms. The van der Waals surface area contributed by atoms with E-state index in [-0.39, 0.29) is 0 Å². The monoisotopic (exact) mass is 294 g/mol. The van der Waals surface area contributed by atoms with Crippen molar-refractivity contribution in [2.24, 2.45) is 5.92 Å². The summed E-state index contributed by atoms with van der Waals surface area (Å²) in [6, 6.07) is 3.98. The summed E-state index contributed by atoms with van der Waals surface area (Å²) in [5, 5.41) is 4.51. The third kappa shape index (κ3) is 2.35. The number of rotatable bonds is 2. The summed E-state index contributed by atoms with van der Waals surface area (Å²) in [5.41, 5.74) is 0.917. The van der Waals surface area contributed by atoms with Gasteiger partial charge in [-0.1, -0.05) is 15.9 Å². The van der Waals surface area contributed by atoms with Gasteiger partial charge in [-0.3, -0.25) is 0 Å². The van der Waals surface area contributed by atoms with Crippen LogP contribution in [0.3, 0.4) is 0 Å². The summed E-state index contributed by atoms with van der Waals surface area (Å²) < 4.78 is 2.89. The SMILES string of the molecule is CN1CCC(Cc2nc3cc(Br)ccn3n2)C1. The van der Waals surface area contributed by atoms with E-state index in [1.165, 1.54) is 19.5 Å². The standard InChI is InChI=1S/C12H15BrN4/c1-16-4-2-9(8-16)6-11-14-12-7-10(13)3-5-17(12)15-11/h3,5,7,9H,2,4,6,8H2,1H3. The van der Waals surface area contributed by atoms with Gasteiger partial charge < -0.3 is 4.90 Å². The van der Waals surface area contributed by atoms with Crippen LogP contribution in [0.15, 0.2) is 22.8 Å². The van der Waals surface area contributed by atoms with Gasteiger partial charge in [-0.25, -0.2) is 9.50 Å². The second-order valence-electron chi connectivity index (χ2n) is 4.80. The minimum atomic E-state index is 0.709. The summed E-state index contributed by atoms with van der Waals surface area (Å²) >= 11 is 3.45. The normalized spacial score (nSPS) is 21.4. The third-order valence-corrected chi connectivity index (χ3v) is 3.80. The Hall–Kier alpha value is -0.940. The van der Waals surface area contributed by atoms with Crippen molar-refractivity contribution < 1.29 is 0 Å². The zero-order chi connectivity index (χ0) is 11.8. The van der Waals surface area contributed by atoms with Gasteiger partial charge in [0.05, 0.1) is 0 Å². The Kier molecular flexibility index (Phi) is 2.88. The molecule has 0 amide bonds.